The molecule has 2 heterocycles. The maximum atomic E-state index is 12.2. The molecule has 1 saturated heterocycles. The molecule has 1 aliphatic heterocycles. The summed E-state index contributed by atoms with van der Waals surface area (Å²) in [4.78, 5) is 13.5. The van der Waals surface area contributed by atoms with Crippen molar-refractivity contribution in [1.29, 1.82) is 0 Å². The van der Waals surface area contributed by atoms with Crippen LogP contribution in [0.5, 0.6) is 5.75 Å². The van der Waals surface area contributed by atoms with Gasteiger partial charge in [-0.2, -0.15) is 0 Å². The van der Waals surface area contributed by atoms with Crippen molar-refractivity contribution >= 4 is 27.4 Å². The van der Waals surface area contributed by atoms with E-state index in [2.05, 4.69) is 70.2 Å². The van der Waals surface area contributed by atoms with Gasteiger partial charge >= 0.3 is 5.97 Å². The maximum Gasteiger partial charge on any atom is 0.343 e. The topological polar surface area (TPSA) is 81.7 Å². The fraction of sp³-hybridized carbons (Fsp3) is 0.625. The molecule has 9 heteroatoms. The maximum absolute atomic E-state index is 12.2. The van der Waals surface area contributed by atoms with Gasteiger partial charge in [-0.05, 0) is 60.9 Å². The van der Waals surface area contributed by atoms with Crippen LogP contribution in [-0.2, 0) is 39.6 Å². The summed E-state index contributed by atoms with van der Waals surface area (Å²) in [6.45, 7) is 11.2. The SMILES string of the molecule is CCCCOC[C@H]1O[C@@H](c2cc(Cc3cc4ccccc4s3)ccc2OCC(=O)OC)[C@H](OCCCC)[C@@H](OCCCC)[C@@H]1OCCCC. The van der Waals surface area contributed by atoms with Crippen molar-refractivity contribution in [2.75, 3.05) is 46.8 Å². The first-order valence-corrected chi connectivity index (χ1v) is 19.2. The third-order valence-corrected chi connectivity index (χ3v) is 9.91. The van der Waals surface area contributed by atoms with Crippen LogP contribution in [-0.4, -0.2) is 77.1 Å². The molecule has 0 N–H and O–H groups in total. The molecule has 2 aromatic carbocycles. The van der Waals surface area contributed by atoms with Gasteiger partial charge < -0.3 is 33.2 Å². The average molecular weight is 699 g/mol. The molecule has 0 saturated carbocycles. The number of carbonyl (C=O) groups is 1. The zero-order valence-corrected chi connectivity index (χ0v) is 31.1. The largest absolute Gasteiger partial charge is 0.482 e. The Morgan fingerprint density at radius 2 is 1.43 bits per heavy atom. The Morgan fingerprint density at radius 3 is 2.10 bits per heavy atom. The first kappa shape index (κ1) is 39.3. The lowest BCUT2D eigenvalue weighted by Gasteiger charge is -2.46. The lowest BCUT2D eigenvalue weighted by Crippen LogP contribution is -2.58. The van der Waals surface area contributed by atoms with E-state index in [1.54, 1.807) is 11.3 Å². The van der Waals surface area contributed by atoms with E-state index in [9.17, 15) is 4.79 Å². The Morgan fingerprint density at radius 1 is 0.776 bits per heavy atom. The van der Waals surface area contributed by atoms with Crippen molar-refractivity contribution in [2.24, 2.45) is 0 Å². The summed E-state index contributed by atoms with van der Waals surface area (Å²) in [5.41, 5.74) is 1.93. The molecule has 0 spiro atoms. The van der Waals surface area contributed by atoms with Crippen LogP contribution in [0.3, 0.4) is 0 Å². The lowest BCUT2D eigenvalue weighted by molar-refractivity contribution is -0.268. The summed E-state index contributed by atoms with van der Waals surface area (Å²) in [5, 5.41) is 1.24. The van der Waals surface area contributed by atoms with Crippen LogP contribution in [0.25, 0.3) is 10.1 Å². The summed E-state index contributed by atoms with van der Waals surface area (Å²) in [6, 6.07) is 16.9. The second-order valence-corrected chi connectivity index (χ2v) is 13.9. The van der Waals surface area contributed by atoms with E-state index in [0.29, 0.717) is 38.8 Å². The normalized spacial score (nSPS) is 20.9. The van der Waals surface area contributed by atoms with Gasteiger partial charge in [-0.25, -0.2) is 4.79 Å². The van der Waals surface area contributed by atoms with Gasteiger partial charge in [-0.15, -0.1) is 11.3 Å². The first-order valence-electron chi connectivity index (χ1n) is 18.4. The van der Waals surface area contributed by atoms with Crippen LogP contribution in [0.4, 0.5) is 0 Å². The molecule has 0 unspecified atom stereocenters. The first-order chi connectivity index (χ1) is 24.0. The molecule has 0 radical (unpaired) electrons. The van der Waals surface area contributed by atoms with Gasteiger partial charge in [0.05, 0.1) is 13.7 Å². The van der Waals surface area contributed by atoms with Crippen LogP contribution in [0.1, 0.15) is 101 Å². The Balaban J connectivity index is 1.77. The van der Waals surface area contributed by atoms with Gasteiger partial charge in [0.25, 0.3) is 0 Å². The molecule has 5 atom stereocenters. The zero-order valence-electron chi connectivity index (χ0n) is 30.3. The second kappa shape index (κ2) is 21.6. The van der Waals surface area contributed by atoms with E-state index in [0.717, 1.165) is 68.9 Å². The predicted octanol–water partition coefficient (Wildman–Crippen LogP) is 8.86. The number of ether oxygens (including phenoxy) is 7. The van der Waals surface area contributed by atoms with Gasteiger partial charge in [0.2, 0.25) is 0 Å². The highest BCUT2D eigenvalue weighted by atomic mass is 32.1. The van der Waals surface area contributed by atoms with E-state index in [1.807, 2.05) is 6.07 Å². The molecule has 1 fully saturated rings. The second-order valence-electron chi connectivity index (χ2n) is 12.8. The van der Waals surface area contributed by atoms with Crippen LogP contribution < -0.4 is 4.74 Å². The van der Waals surface area contributed by atoms with Crippen LogP contribution in [0.2, 0.25) is 0 Å². The number of unbranched alkanes of at least 4 members (excludes halogenated alkanes) is 4. The Kier molecular flexibility index (Phi) is 17.3. The zero-order chi connectivity index (χ0) is 34.8. The Hall–Kier alpha value is -2.53. The number of methoxy groups -OCH3 is 1. The molecule has 1 aliphatic rings. The molecule has 272 valence electrons. The van der Waals surface area contributed by atoms with E-state index >= 15 is 0 Å². The molecule has 8 nitrogen and oxygen atoms in total. The Bertz CT molecular complexity index is 1340. The van der Waals surface area contributed by atoms with Gasteiger partial charge in [-0.1, -0.05) is 77.6 Å². The smallest absolute Gasteiger partial charge is 0.343 e. The number of hydrogen-bond donors (Lipinski definition) is 0. The van der Waals surface area contributed by atoms with Crippen molar-refractivity contribution < 1.29 is 38.0 Å². The van der Waals surface area contributed by atoms with E-state index < -0.39 is 30.4 Å². The highest BCUT2D eigenvalue weighted by Crippen LogP contribution is 2.42. The fourth-order valence-electron chi connectivity index (χ4n) is 5.99. The minimum Gasteiger partial charge on any atom is -0.482 e. The van der Waals surface area contributed by atoms with Crippen molar-refractivity contribution in [3.05, 3.63) is 64.5 Å². The molecule has 0 amide bonds. The molecule has 3 aromatic rings. The molecule has 0 bridgehead atoms. The van der Waals surface area contributed by atoms with Crippen molar-refractivity contribution in [2.45, 2.75) is 116 Å². The highest BCUT2D eigenvalue weighted by Gasteiger charge is 2.49. The minimum atomic E-state index is -0.552. The summed E-state index contributed by atoms with van der Waals surface area (Å²) in [5.74, 6) is 0.107. The highest BCUT2D eigenvalue weighted by molar-refractivity contribution is 7.19. The lowest BCUT2D eigenvalue weighted by atomic mass is 9.89. The molecular formula is C40H58O8S. The van der Waals surface area contributed by atoms with E-state index in [-0.39, 0.29) is 12.7 Å². The van der Waals surface area contributed by atoms with Gasteiger partial charge in [-0.3, -0.25) is 0 Å². The van der Waals surface area contributed by atoms with Crippen LogP contribution >= 0.6 is 11.3 Å². The summed E-state index contributed by atoms with van der Waals surface area (Å²) in [7, 11) is 1.36. The van der Waals surface area contributed by atoms with Gasteiger partial charge in [0, 0.05) is 48.0 Å². The monoisotopic (exact) mass is 698 g/mol. The summed E-state index contributed by atoms with van der Waals surface area (Å²) >= 11 is 1.80. The van der Waals surface area contributed by atoms with Gasteiger partial charge in [0.15, 0.2) is 6.61 Å². The Labute approximate surface area is 297 Å². The standard InChI is InChI=1S/C40H58O8S/c1-6-10-20-43-27-34-38(44-21-11-7-2)40(46-23-13-9-4)39(45-22-12-8-3)37(48-34)32-25-29(18-19-33(32)47-28-36(41)42-5)24-31-26-30-16-14-15-17-35(30)49-31/h14-19,25-26,34,37-40H,6-13,20-24,27-28H2,1-5H3/t34-,37+,38-,39+,40+/m1/s1. The summed E-state index contributed by atoms with van der Waals surface area (Å²) in [6.07, 6.45) is 6.43. The minimum absolute atomic E-state index is 0.212. The molecule has 4 rings (SSSR count). The van der Waals surface area contributed by atoms with Gasteiger partial charge in [0.1, 0.15) is 36.3 Å². The fourth-order valence-corrected chi connectivity index (χ4v) is 7.09. The molecule has 49 heavy (non-hydrogen) atoms. The van der Waals surface area contributed by atoms with E-state index in [4.69, 9.17) is 33.2 Å². The quantitative estimate of drug-likeness (QED) is 0.0718. The molecule has 0 aliphatic carbocycles. The third-order valence-electron chi connectivity index (χ3n) is 8.79. The molecule has 1 aromatic heterocycles. The van der Waals surface area contributed by atoms with Crippen molar-refractivity contribution in [3.63, 3.8) is 0 Å². The predicted molar refractivity (Wildman–Crippen MR) is 196 cm³/mol. The third kappa shape index (κ3) is 11.8. The number of thiophene rings is 1. The van der Waals surface area contributed by atoms with Crippen LogP contribution in [0.15, 0.2) is 48.5 Å². The number of benzene rings is 2. The number of esters is 1. The number of rotatable bonds is 23. The van der Waals surface area contributed by atoms with E-state index in [1.165, 1.54) is 22.1 Å². The number of hydrogen-bond acceptors (Lipinski definition) is 9. The van der Waals surface area contributed by atoms with Crippen LogP contribution in [0, 0.1) is 0 Å². The van der Waals surface area contributed by atoms with Crippen molar-refractivity contribution in [1.82, 2.24) is 0 Å². The average Bonchev–Trinajstić information content (AvgIpc) is 3.53. The molecular weight excluding hydrogens is 640 g/mol. The number of fused-ring (bicyclic) bond motifs is 1. The van der Waals surface area contributed by atoms with Crippen molar-refractivity contribution in [3.8, 4) is 5.75 Å². The number of carbonyl (C=O) groups excluding carboxylic acids is 1. The summed E-state index contributed by atoms with van der Waals surface area (Å²) < 4.78 is 45.7.